The second kappa shape index (κ2) is 6.29. The zero-order chi connectivity index (χ0) is 13.8. The van der Waals surface area contributed by atoms with E-state index in [0.29, 0.717) is 24.9 Å². The molecule has 1 aliphatic carbocycles. The molecule has 0 radical (unpaired) electrons. The van der Waals surface area contributed by atoms with Crippen molar-refractivity contribution in [2.75, 3.05) is 13.1 Å². The zero-order valence-corrected chi connectivity index (χ0v) is 11.7. The number of hydrogen-bond acceptors (Lipinski definition) is 2. The van der Waals surface area contributed by atoms with Gasteiger partial charge in [0.05, 0.1) is 6.54 Å². The molecule has 1 saturated carbocycles. The van der Waals surface area contributed by atoms with Gasteiger partial charge >= 0.3 is 0 Å². The zero-order valence-electron chi connectivity index (χ0n) is 11.7. The predicted molar refractivity (Wildman–Crippen MR) is 74.5 cm³/mol. The van der Waals surface area contributed by atoms with Crippen LogP contribution in [0.5, 0.6) is 0 Å². The Hall–Kier alpha value is -1.22. The molecule has 0 aromatic heterocycles. The van der Waals surface area contributed by atoms with Crippen molar-refractivity contribution in [3.05, 3.63) is 35.6 Å². The minimum atomic E-state index is -0.254. The van der Waals surface area contributed by atoms with E-state index in [2.05, 4.69) is 18.7 Å². The van der Waals surface area contributed by atoms with Crippen molar-refractivity contribution in [2.45, 2.75) is 39.2 Å². The van der Waals surface area contributed by atoms with Gasteiger partial charge in [-0.05, 0) is 36.5 Å². The highest BCUT2D eigenvalue weighted by atomic mass is 19.1. The number of hydrogen-bond donors (Lipinski definition) is 0. The standard InChI is InChI=1S/C16H22FNO/c1-12(2)10-18(15-7-8-15)11-16(19)9-13-3-5-14(17)6-4-13/h3-6,12,15H,7-11H2,1-2H3. The summed E-state index contributed by atoms with van der Waals surface area (Å²) in [7, 11) is 0. The Morgan fingerprint density at radius 3 is 2.47 bits per heavy atom. The van der Waals surface area contributed by atoms with Crippen LogP contribution in [0.3, 0.4) is 0 Å². The number of benzene rings is 1. The van der Waals surface area contributed by atoms with E-state index in [1.165, 1.54) is 25.0 Å². The van der Waals surface area contributed by atoms with Crippen LogP contribution in [0.2, 0.25) is 0 Å². The monoisotopic (exact) mass is 263 g/mol. The molecule has 0 aliphatic heterocycles. The van der Waals surface area contributed by atoms with Crippen LogP contribution in [0.1, 0.15) is 32.3 Å². The van der Waals surface area contributed by atoms with Crippen LogP contribution in [0, 0.1) is 11.7 Å². The van der Waals surface area contributed by atoms with Crippen LogP contribution < -0.4 is 0 Å². The van der Waals surface area contributed by atoms with Crippen molar-refractivity contribution in [2.24, 2.45) is 5.92 Å². The molecule has 1 aliphatic rings. The molecule has 1 aromatic rings. The van der Waals surface area contributed by atoms with Crippen molar-refractivity contribution in [3.8, 4) is 0 Å². The summed E-state index contributed by atoms with van der Waals surface area (Å²) in [6.07, 6.45) is 2.84. The predicted octanol–water partition coefficient (Wildman–Crippen LogP) is 3.06. The average Bonchev–Trinajstić information content (AvgIpc) is 3.14. The molecule has 19 heavy (non-hydrogen) atoms. The largest absolute Gasteiger partial charge is 0.298 e. The van der Waals surface area contributed by atoms with Crippen LogP contribution in [0.15, 0.2) is 24.3 Å². The van der Waals surface area contributed by atoms with Crippen LogP contribution in [-0.4, -0.2) is 29.8 Å². The molecule has 0 spiro atoms. The minimum absolute atomic E-state index is 0.221. The fourth-order valence-corrected chi connectivity index (χ4v) is 2.36. The van der Waals surface area contributed by atoms with Gasteiger partial charge in [0.1, 0.15) is 5.82 Å². The molecule has 2 rings (SSSR count). The lowest BCUT2D eigenvalue weighted by molar-refractivity contribution is -0.119. The number of carbonyl (C=O) groups excluding carboxylic acids is 1. The molecule has 0 amide bonds. The molecule has 1 fully saturated rings. The first-order chi connectivity index (χ1) is 9.04. The van der Waals surface area contributed by atoms with Gasteiger partial charge in [-0.1, -0.05) is 26.0 Å². The highest BCUT2D eigenvalue weighted by Gasteiger charge is 2.30. The fraction of sp³-hybridized carbons (Fsp3) is 0.562. The highest BCUT2D eigenvalue weighted by Crippen LogP contribution is 2.27. The molecule has 0 bridgehead atoms. The molecule has 2 nitrogen and oxygen atoms in total. The fourth-order valence-electron chi connectivity index (χ4n) is 2.36. The van der Waals surface area contributed by atoms with Crippen molar-refractivity contribution < 1.29 is 9.18 Å². The maximum Gasteiger partial charge on any atom is 0.151 e. The summed E-state index contributed by atoms with van der Waals surface area (Å²) in [6, 6.07) is 6.82. The maximum atomic E-state index is 12.8. The lowest BCUT2D eigenvalue weighted by Gasteiger charge is -2.23. The molecule has 0 saturated heterocycles. The van der Waals surface area contributed by atoms with E-state index in [1.807, 2.05) is 0 Å². The third kappa shape index (κ3) is 4.75. The topological polar surface area (TPSA) is 20.3 Å². The summed E-state index contributed by atoms with van der Waals surface area (Å²) in [5, 5.41) is 0. The van der Waals surface area contributed by atoms with Gasteiger partial charge in [0.2, 0.25) is 0 Å². The van der Waals surface area contributed by atoms with Crippen LogP contribution >= 0.6 is 0 Å². The molecule has 0 heterocycles. The van der Waals surface area contributed by atoms with Crippen molar-refractivity contribution >= 4 is 5.78 Å². The molecule has 1 aromatic carbocycles. The van der Waals surface area contributed by atoms with Crippen LogP contribution in [0.4, 0.5) is 4.39 Å². The Morgan fingerprint density at radius 1 is 1.32 bits per heavy atom. The van der Waals surface area contributed by atoms with Crippen LogP contribution in [0.25, 0.3) is 0 Å². The Morgan fingerprint density at radius 2 is 1.95 bits per heavy atom. The molecule has 0 atom stereocenters. The summed E-state index contributed by atoms with van der Waals surface area (Å²) in [5.74, 6) is 0.550. The summed E-state index contributed by atoms with van der Waals surface area (Å²) in [6.45, 7) is 5.87. The van der Waals surface area contributed by atoms with Gasteiger partial charge in [0.15, 0.2) is 5.78 Å². The van der Waals surface area contributed by atoms with Gasteiger partial charge in [-0.2, -0.15) is 0 Å². The average molecular weight is 263 g/mol. The van der Waals surface area contributed by atoms with E-state index in [1.54, 1.807) is 12.1 Å². The third-order valence-electron chi connectivity index (χ3n) is 3.36. The van der Waals surface area contributed by atoms with Crippen molar-refractivity contribution in [1.29, 1.82) is 0 Å². The number of rotatable bonds is 7. The molecule has 0 unspecified atom stereocenters. The second-order valence-electron chi connectivity index (χ2n) is 5.90. The molecule has 3 heteroatoms. The SMILES string of the molecule is CC(C)CN(CC(=O)Cc1ccc(F)cc1)C1CC1. The molecule has 0 N–H and O–H groups in total. The summed E-state index contributed by atoms with van der Waals surface area (Å²) in [5.41, 5.74) is 0.895. The van der Waals surface area contributed by atoms with E-state index in [4.69, 9.17) is 0 Å². The number of halogens is 1. The Labute approximate surface area is 114 Å². The summed E-state index contributed by atoms with van der Waals surface area (Å²) in [4.78, 5) is 14.4. The maximum absolute atomic E-state index is 12.8. The van der Waals surface area contributed by atoms with E-state index in [9.17, 15) is 9.18 Å². The minimum Gasteiger partial charge on any atom is -0.298 e. The number of Topliss-reactive ketones (excluding diaryl/α,β-unsaturated/α-hetero) is 1. The van der Waals surface area contributed by atoms with Gasteiger partial charge in [-0.25, -0.2) is 4.39 Å². The lowest BCUT2D eigenvalue weighted by Crippen LogP contribution is -2.35. The van der Waals surface area contributed by atoms with Crippen molar-refractivity contribution in [1.82, 2.24) is 4.90 Å². The van der Waals surface area contributed by atoms with Crippen molar-refractivity contribution in [3.63, 3.8) is 0 Å². The Kier molecular flexibility index (Phi) is 4.70. The van der Waals surface area contributed by atoms with Gasteiger partial charge in [0.25, 0.3) is 0 Å². The number of carbonyl (C=O) groups is 1. The first-order valence-electron chi connectivity index (χ1n) is 7.05. The third-order valence-corrected chi connectivity index (χ3v) is 3.36. The van der Waals surface area contributed by atoms with E-state index >= 15 is 0 Å². The second-order valence-corrected chi connectivity index (χ2v) is 5.90. The first-order valence-corrected chi connectivity index (χ1v) is 7.05. The smallest absolute Gasteiger partial charge is 0.151 e. The van der Waals surface area contributed by atoms with Gasteiger partial charge in [-0.15, -0.1) is 0 Å². The van der Waals surface area contributed by atoms with Crippen LogP contribution in [-0.2, 0) is 11.2 Å². The number of nitrogens with zero attached hydrogens (tertiary/aromatic N) is 1. The summed E-state index contributed by atoms with van der Waals surface area (Å²) < 4.78 is 12.8. The molecular formula is C16H22FNO. The van der Waals surface area contributed by atoms with E-state index in [0.717, 1.165) is 12.1 Å². The van der Waals surface area contributed by atoms with Gasteiger partial charge in [0, 0.05) is 19.0 Å². The van der Waals surface area contributed by atoms with Gasteiger partial charge in [-0.3, -0.25) is 9.69 Å². The van der Waals surface area contributed by atoms with E-state index in [-0.39, 0.29) is 11.6 Å². The molecule has 104 valence electrons. The quantitative estimate of drug-likeness (QED) is 0.753. The summed E-state index contributed by atoms with van der Waals surface area (Å²) >= 11 is 0. The normalized spacial score (nSPS) is 15.2. The highest BCUT2D eigenvalue weighted by molar-refractivity contribution is 5.82. The first kappa shape index (κ1) is 14.2. The van der Waals surface area contributed by atoms with Gasteiger partial charge < -0.3 is 0 Å². The Balaban J connectivity index is 1.86. The lowest BCUT2D eigenvalue weighted by atomic mass is 10.1. The number of ketones is 1. The van der Waals surface area contributed by atoms with E-state index < -0.39 is 0 Å². The Bertz CT molecular complexity index is 423. The molecular weight excluding hydrogens is 241 g/mol.